The minimum Gasteiger partial charge on any atom is -0.310 e. The second-order valence-electron chi connectivity index (χ2n) is 19.9. The van der Waals surface area contributed by atoms with Crippen molar-refractivity contribution in [2.75, 3.05) is 0 Å². The summed E-state index contributed by atoms with van der Waals surface area (Å²) in [7, 11) is 0. The molecule has 68 heavy (non-hydrogen) atoms. The Morgan fingerprint density at radius 3 is 2.16 bits per heavy atom. The summed E-state index contributed by atoms with van der Waals surface area (Å²) >= 11 is 0. The van der Waals surface area contributed by atoms with Gasteiger partial charge in [-0.05, 0) is 142 Å². The molecule has 5 unspecified atom stereocenters. The Labute approximate surface area is 402 Å². The first-order valence-electron chi connectivity index (χ1n) is 25.3. The van der Waals surface area contributed by atoms with Gasteiger partial charge in [-0.25, -0.2) is 0 Å². The fourth-order valence-electron chi connectivity index (χ4n) is 12.7. The van der Waals surface area contributed by atoms with E-state index in [0.29, 0.717) is 11.8 Å². The van der Waals surface area contributed by atoms with Gasteiger partial charge in [0.15, 0.2) is 0 Å². The van der Waals surface area contributed by atoms with Gasteiger partial charge in [-0.2, -0.15) is 0 Å². The van der Waals surface area contributed by atoms with Gasteiger partial charge in [-0.3, -0.25) is 4.99 Å². The van der Waals surface area contributed by atoms with Gasteiger partial charge < -0.3 is 4.57 Å². The number of rotatable bonds is 7. The Hall–Kier alpha value is -7.03. The molecule has 5 atom stereocenters. The third-order valence-corrected chi connectivity index (χ3v) is 16.3. The normalized spacial score (nSPS) is 22.5. The molecule has 2 heterocycles. The molecular weight excluding hydrogens is 821 g/mol. The first-order chi connectivity index (χ1) is 33.5. The van der Waals surface area contributed by atoms with E-state index in [1.807, 2.05) is 0 Å². The monoisotopic (exact) mass is 880 g/mol. The van der Waals surface area contributed by atoms with Crippen molar-refractivity contribution in [3.05, 3.63) is 244 Å². The molecule has 0 amide bonds. The summed E-state index contributed by atoms with van der Waals surface area (Å²) in [4.78, 5) is 5.89. The van der Waals surface area contributed by atoms with Crippen LogP contribution in [0.5, 0.6) is 0 Å². The van der Waals surface area contributed by atoms with Crippen molar-refractivity contribution in [3.63, 3.8) is 0 Å². The van der Waals surface area contributed by atoms with Gasteiger partial charge in [-0.15, -0.1) is 0 Å². The Morgan fingerprint density at radius 1 is 0.662 bits per heavy atom. The first kappa shape index (κ1) is 42.3. The molecule has 2 nitrogen and oxygen atoms in total. The molecule has 334 valence electrons. The summed E-state index contributed by atoms with van der Waals surface area (Å²) in [6.45, 7) is 9.66. The van der Waals surface area contributed by atoms with Crippen molar-refractivity contribution < 1.29 is 0 Å². The summed E-state index contributed by atoms with van der Waals surface area (Å²) in [5.41, 5.74) is 24.5. The zero-order valence-electron chi connectivity index (χ0n) is 39.9. The van der Waals surface area contributed by atoms with Gasteiger partial charge >= 0.3 is 0 Å². The van der Waals surface area contributed by atoms with Crippen molar-refractivity contribution in [3.8, 4) is 22.3 Å². The summed E-state index contributed by atoms with van der Waals surface area (Å²) in [6.07, 6.45) is 13.8. The molecule has 0 bridgehead atoms. The van der Waals surface area contributed by atoms with E-state index >= 15 is 0 Å². The van der Waals surface area contributed by atoms with Crippen molar-refractivity contribution in [2.45, 2.75) is 78.1 Å². The van der Waals surface area contributed by atoms with Crippen molar-refractivity contribution in [1.29, 1.82) is 0 Å². The molecule has 7 aromatic carbocycles. The van der Waals surface area contributed by atoms with Crippen LogP contribution in [0.15, 0.2) is 215 Å². The van der Waals surface area contributed by atoms with E-state index in [4.69, 9.17) is 4.99 Å². The molecule has 0 saturated carbocycles. The van der Waals surface area contributed by atoms with E-state index in [-0.39, 0.29) is 17.8 Å². The number of hydrogen-bond acceptors (Lipinski definition) is 1. The van der Waals surface area contributed by atoms with Crippen molar-refractivity contribution in [1.82, 2.24) is 4.57 Å². The van der Waals surface area contributed by atoms with Crippen LogP contribution in [0.2, 0.25) is 0 Å². The number of aliphatic imine (C=N–C) groups is 1. The molecule has 8 aromatic rings. The average molecular weight is 881 g/mol. The standard InChI is InChI=1S/C66H60N2/c1-5-45-40-59(42(2)43(3)65(67-66(45)48-23-10-7-11-24-48)44(4)60-41-50-25-12-13-28-52(50)54-29-14-15-31-56(54)60)49-26-20-27-51(39-49)68-61-34-19-18-33-58(61)64-62(68)38-36-47-35-37-53(46-21-8-6-9-22-46)55-30-16-17-32-57(55)63(47)64/h6-19,21-25,27-34,36,38-40,42,44-45,53,60H,5,20,26,35,37,41H2,1-4H3/b59-40+,65-43-,67-66?. The van der Waals surface area contributed by atoms with Crippen LogP contribution >= 0.6 is 0 Å². The smallest absolute Gasteiger partial charge is 0.0547 e. The first-order valence-corrected chi connectivity index (χ1v) is 25.3. The number of allylic oxidation sites excluding steroid dienone is 8. The Kier molecular flexibility index (Phi) is 10.9. The number of hydrogen-bond donors (Lipinski definition) is 0. The number of fused-ring (bicyclic) bond motifs is 10. The van der Waals surface area contributed by atoms with Gasteiger partial charge in [0.05, 0.1) is 16.7 Å². The molecule has 4 aliphatic rings. The topological polar surface area (TPSA) is 17.3 Å². The molecule has 2 heteroatoms. The highest BCUT2D eigenvalue weighted by Gasteiger charge is 2.35. The second kappa shape index (κ2) is 17.6. The van der Waals surface area contributed by atoms with Gasteiger partial charge in [-0.1, -0.05) is 191 Å². The lowest BCUT2D eigenvalue weighted by Crippen LogP contribution is -2.25. The summed E-state index contributed by atoms with van der Waals surface area (Å²) in [6, 6.07) is 63.6. The molecule has 0 saturated heterocycles. The van der Waals surface area contributed by atoms with Crippen molar-refractivity contribution >= 4 is 33.2 Å². The highest BCUT2D eigenvalue weighted by Crippen LogP contribution is 2.50. The number of benzene rings is 7. The number of nitrogens with zero attached hydrogens (tertiary/aromatic N) is 2. The molecular formula is C66H60N2. The second-order valence-corrected chi connectivity index (χ2v) is 19.9. The quantitative estimate of drug-likeness (QED) is 0.152. The third-order valence-electron chi connectivity index (χ3n) is 16.3. The summed E-state index contributed by atoms with van der Waals surface area (Å²) in [5, 5.41) is 2.70. The maximum atomic E-state index is 5.89. The van der Waals surface area contributed by atoms with Gasteiger partial charge in [0.2, 0.25) is 0 Å². The van der Waals surface area contributed by atoms with E-state index < -0.39 is 0 Å². The maximum Gasteiger partial charge on any atom is 0.0547 e. The van der Waals surface area contributed by atoms with E-state index in [2.05, 4.69) is 220 Å². The van der Waals surface area contributed by atoms with Crippen LogP contribution < -0.4 is 0 Å². The minimum atomic E-state index is 0.170. The Balaban J connectivity index is 0.997. The lowest BCUT2D eigenvalue weighted by atomic mass is 9.71. The average Bonchev–Trinajstić information content (AvgIpc) is 3.63. The zero-order valence-corrected chi connectivity index (χ0v) is 39.9. The fraction of sp³-hybridized carbons (Fsp3) is 0.227. The van der Waals surface area contributed by atoms with Crippen LogP contribution in [-0.4, -0.2) is 10.3 Å². The SMILES string of the molecule is CCC1/C=C(/C2=CC(n3c4ccccc4c4c5c(ccc43)CCC(c3ccccc3)c3ccccc3-5)=CCC2)C(C)/C(C)=C(/C(C)C2Cc3ccccc3-c3ccccc32)N=C1c1ccccc1. The van der Waals surface area contributed by atoms with Crippen LogP contribution in [0.4, 0.5) is 0 Å². The lowest BCUT2D eigenvalue weighted by Gasteiger charge is -2.35. The van der Waals surface area contributed by atoms with Gasteiger partial charge in [0, 0.05) is 45.8 Å². The number of aromatic nitrogens is 1. The van der Waals surface area contributed by atoms with Crippen LogP contribution in [-0.2, 0) is 12.8 Å². The number of aryl methyl sites for hydroxylation is 1. The number of para-hydroxylation sites is 1. The Morgan fingerprint density at radius 2 is 1.35 bits per heavy atom. The summed E-state index contributed by atoms with van der Waals surface area (Å²) in [5.74, 6) is 1.24. The molecule has 0 fully saturated rings. The summed E-state index contributed by atoms with van der Waals surface area (Å²) < 4.78 is 2.59. The highest BCUT2D eigenvalue weighted by molar-refractivity contribution is 6.17. The van der Waals surface area contributed by atoms with E-state index in [1.165, 1.54) is 111 Å². The van der Waals surface area contributed by atoms with Gasteiger partial charge in [0.1, 0.15) is 0 Å². The lowest BCUT2D eigenvalue weighted by molar-refractivity contribution is 0.500. The largest absolute Gasteiger partial charge is 0.310 e. The Bertz CT molecular complexity index is 3410. The molecule has 0 spiro atoms. The van der Waals surface area contributed by atoms with Crippen LogP contribution in [0, 0.1) is 17.8 Å². The molecule has 3 aliphatic carbocycles. The molecule has 0 N–H and O–H groups in total. The molecule has 1 aromatic heterocycles. The van der Waals surface area contributed by atoms with E-state index in [0.717, 1.165) is 38.5 Å². The van der Waals surface area contributed by atoms with Crippen LogP contribution in [0.1, 0.15) is 98.6 Å². The van der Waals surface area contributed by atoms with Crippen LogP contribution in [0.25, 0.3) is 49.8 Å². The predicted octanol–water partition coefficient (Wildman–Crippen LogP) is 17.1. The molecule has 12 rings (SSSR count). The maximum absolute atomic E-state index is 5.89. The van der Waals surface area contributed by atoms with Gasteiger partial charge in [0.25, 0.3) is 0 Å². The van der Waals surface area contributed by atoms with Crippen LogP contribution in [0.3, 0.4) is 0 Å². The highest BCUT2D eigenvalue weighted by atomic mass is 15.0. The molecule has 1 aliphatic heterocycles. The molecule has 0 radical (unpaired) electrons. The third kappa shape index (κ3) is 7.11. The zero-order chi connectivity index (χ0) is 45.9. The predicted molar refractivity (Wildman–Crippen MR) is 287 cm³/mol. The van der Waals surface area contributed by atoms with Crippen molar-refractivity contribution in [2.24, 2.45) is 22.7 Å². The van der Waals surface area contributed by atoms with E-state index in [9.17, 15) is 0 Å². The minimum absolute atomic E-state index is 0.170. The van der Waals surface area contributed by atoms with E-state index in [1.54, 1.807) is 0 Å². The fourth-order valence-corrected chi connectivity index (χ4v) is 12.7.